The van der Waals surface area contributed by atoms with Gasteiger partial charge < -0.3 is 10.4 Å². The Morgan fingerprint density at radius 3 is 2.53 bits per heavy atom. The molecule has 0 aromatic carbocycles. The zero-order valence-electron chi connectivity index (χ0n) is 11.3. The van der Waals surface area contributed by atoms with Crippen LogP contribution in [0.1, 0.15) is 65.2 Å². The third-order valence-electron chi connectivity index (χ3n) is 3.90. The Balaban J connectivity index is 2.31. The Kier molecular flexibility index (Phi) is 5.96. The minimum atomic E-state index is -0.626. The van der Waals surface area contributed by atoms with Crippen molar-refractivity contribution in [3.63, 3.8) is 0 Å². The summed E-state index contributed by atoms with van der Waals surface area (Å²) >= 11 is 0. The van der Waals surface area contributed by atoms with Gasteiger partial charge >= 0.3 is 0 Å². The molecular formula is C14H27NO2. The van der Waals surface area contributed by atoms with Gasteiger partial charge in [0, 0.05) is 12.5 Å². The minimum Gasteiger partial charge on any atom is -0.388 e. The number of amides is 1. The molecule has 1 atom stereocenters. The van der Waals surface area contributed by atoms with E-state index >= 15 is 0 Å². The van der Waals surface area contributed by atoms with E-state index in [4.69, 9.17) is 0 Å². The van der Waals surface area contributed by atoms with Gasteiger partial charge in [-0.05, 0) is 25.7 Å². The lowest BCUT2D eigenvalue weighted by atomic mass is 9.97. The summed E-state index contributed by atoms with van der Waals surface area (Å²) in [4.78, 5) is 12.0. The first kappa shape index (κ1) is 14.5. The highest BCUT2D eigenvalue weighted by atomic mass is 16.3. The Bertz CT molecular complexity index is 234. The van der Waals surface area contributed by atoms with Gasteiger partial charge in [0.2, 0.25) is 5.91 Å². The second kappa shape index (κ2) is 7.00. The summed E-state index contributed by atoms with van der Waals surface area (Å²) < 4.78 is 0. The monoisotopic (exact) mass is 241 g/mol. The SMILES string of the molecule is CCCCC(CC)C(=O)NCC1(O)CCCC1. The van der Waals surface area contributed by atoms with E-state index in [1.807, 2.05) is 0 Å². The van der Waals surface area contributed by atoms with Crippen molar-refractivity contribution in [3.8, 4) is 0 Å². The maximum atomic E-state index is 12.0. The average molecular weight is 241 g/mol. The van der Waals surface area contributed by atoms with Gasteiger partial charge in [-0.2, -0.15) is 0 Å². The molecule has 17 heavy (non-hydrogen) atoms. The molecule has 1 amide bonds. The van der Waals surface area contributed by atoms with Gasteiger partial charge in [0.15, 0.2) is 0 Å². The van der Waals surface area contributed by atoms with E-state index in [0.717, 1.165) is 51.4 Å². The first-order valence-corrected chi connectivity index (χ1v) is 7.11. The summed E-state index contributed by atoms with van der Waals surface area (Å²) in [5, 5.41) is 13.1. The van der Waals surface area contributed by atoms with Crippen molar-refractivity contribution in [1.82, 2.24) is 5.32 Å². The molecule has 0 aromatic rings. The lowest BCUT2D eigenvalue weighted by molar-refractivity contribution is -0.126. The maximum absolute atomic E-state index is 12.0. The zero-order chi connectivity index (χ0) is 12.7. The number of unbranched alkanes of at least 4 members (excludes halogenated alkanes) is 1. The van der Waals surface area contributed by atoms with E-state index < -0.39 is 5.60 Å². The van der Waals surface area contributed by atoms with E-state index in [2.05, 4.69) is 19.2 Å². The van der Waals surface area contributed by atoms with Crippen molar-refractivity contribution in [2.75, 3.05) is 6.54 Å². The van der Waals surface area contributed by atoms with Crippen LogP contribution < -0.4 is 5.32 Å². The van der Waals surface area contributed by atoms with Crippen LogP contribution in [0.3, 0.4) is 0 Å². The number of hydrogen-bond donors (Lipinski definition) is 2. The first-order valence-electron chi connectivity index (χ1n) is 7.11. The van der Waals surface area contributed by atoms with Crippen molar-refractivity contribution < 1.29 is 9.90 Å². The normalized spacial score (nSPS) is 20.2. The van der Waals surface area contributed by atoms with Gasteiger partial charge in [0.1, 0.15) is 0 Å². The van der Waals surface area contributed by atoms with Crippen LogP contribution >= 0.6 is 0 Å². The van der Waals surface area contributed by atoms with Crippen LogP contribution in [0, 0.1) is 5.92 Å². The zero-order valence-corrected chi connectivity index (χ0v) is 11.3. The number of nitrogens with one attached hydrogen (secondary N) is 1. The fraction of sp³-hybridized carbons (Fsp3) is 0.929. The summed E-state index contributed by atoms with van der Waals surface area (Å²) in [5.41, 5.74) is -0.626. The van der Waals surface area contributed by atoms with Gasteiger partial charge in [-0.3, -0.25) is 4.79 Å². The van der Waals surface area contributed by atoms with Crippen LogP contribution in [-0.2, 0) is 4.79 Å². The first-order chi connectivity index (χ1) is 8.11. The molecule has 1 unspecified atom stereocenters. The van der Waals surface area contributed by atoms with Crippen molar-refractivity contribution >= 4 is 5.91 Å². The van der Waals surface area contributed by atoms with Crippen molar-refractivity contribution in [2.24, 2.45) is 5.92 Å². The maximum Gasteiger partial charge on any atom is 0.223 e. The number of carbonyl (C=O) groups excluding carboxylic acids is 1. The highest BCUT2D eigenvalue weighted by Gasteiger charge is 2.31. The lowest BCUT2D eigenvalue weighted by Gasteiger charge is -2.24. The lowest BCUT2D eigenvalue weighted by Crippen LogP contribution is -2.42. The number of aliphatic hydroxyl groups is 1. The van der Waals surface area contributed by atoms with E-state index in [1.54, 1.807) is 0 Å². The molecule has 3 nitrogen and oxygen atoms in total. The van der Waals surface area contributed by atoms with Crippen LogP contribution in [0.2, 0.25) is 0 Å². The molecule has 0 radical (unpaired) electrons. The molecule has 1 aliphatic carbocycles. The second-order valence-electron chi connectivity index (χ2n) is 5.40. The highest BCUT2D eigenvalue weighted by Crippen LogP contribution is 2.28. The fourth-order valence-corrected chi connectivity index (χ4v) is 2.58. The quantitative estimate of drug-likeness (QED) is 0.720. The molecule has 100 valence electrons. The predicted octanol–water partition coefficient (Wildman–Crippen LogP) is 2.62. The Morgan fingerprint density at radius 1 is 1.35 bits per heavy atom. The van der Waals surface area contributed by atoms with Crippen LogP contribution in [-0.4, -0.2) is 23.2 Å². The summed E-state index contributed by atoms with van der Waals surface area (Å²) in [7, 11) is 0. The largest absolute Gasteiger partial charge is 0.388 e. The third-order valence-corrected chi connectivity index (χ3v) is 3.90. The number of carbonyl (C=O) groups is 1. The van der Waals surface area contributed by atoms with Crippen LogP contribution in [0.5, 0.6) is 0 Å². The predicted molar refractivity (Wildman–Crippen MR) is 69.7 cm³/mol. The summed E-state index contributed by atoms with van der Waals surface area (Å²) in [5.74, 6) is 0.251. The molecule has 0 heterocycles. The van der Waals surface area contributed by atoms with Gasteiger partial charge in [-0.1, -0.05) is 39.5 Å². The smallest absolute Gasteiger partial charge is 0.223 e. The summed E-state index contributed by atoms with van der Waals surface area (Å²) in [6.45, 7) is 4.64. The Morgan fingerprint density at radius 2 is 2.00 bits per heavy atom. The number of rotatable bonds is 7. The van der Waals surface area contributed by atoms with Crippen LogP contribution in [0.25, 0.3) is 0 Å². The molecule has 1 saturated carbocycles. The van der Waals surface area contributed by atoms with Crippen molar-refractivity contribution in [3.05, 3.63) is 0 Å². The van der Waals surface area contributed by atoms with Gasteiger partial charge in [0.25, 0.3) is 0 Å². The van der Waals surface area contributed by atoms with Gasteiger partial charge in [-0.15, -0.1) is 0 Å². The van der Waals surface area contributed by atoms with E-state index in [0.29, 0.717) is 6.54 Å². The molecule has 2 N–H and O–H groups in total. The minimum absolute atomic E-state index is 0.125. The Hall–Kier alpha value is -0.570. The molecular weight excluding hydrogens is 214 g/mol. The van der Waals surface area contributed by atoms with Gasteiger partial charge in [0.05, 0.1) is 5.60 Å². The average Bonchev–Trinajstić information content (AvgIpc) is 2.75. The number of hydrogen-bond acceptors (Lipinski definition) is 2. The van der Waals surface area contributed by atoms with Gasteiger partial charge in [-0.25, -0.2) is 0 Å². The molecule has 1 rings (SSSR count). The third kappa shape index (κ3) is 4.66. The highest BCUT2D eigenvalue weighted by molar-refractivity contribution is 5.78. The van der Waals surface area contributed by atoms with E-state index in [-0.39, 0.29) is 11.8 Å². The molecule has 0 bridgehead atoms. The molecule has 1 aliphatic rings. The molecule has 0 spiro atoms. The van der Waals surface area contributed by atoms with Crippen molar-refractivity contribution in [1.29, 1.82) is 0 Å². The van der Waals surface area contributed by atoms with E-state index in [1.165, 1.54) is 0 Å². The van der Waals surface area contributed by atoms with E-state index in [9.17, 15) is 9.90 Å². The fourth-order valence-electron chi connectivity index (χ4n) is 2.58. The molecule has 0 saturated heterocycles. The van der Waals surface area contributed by atoms with Crippen molar-refractivity contribution in [2.45, 2.75) is 70.8 Å². The summed E-state index contributed by atoms with van der Waals surface area (Å²) in [6.07, 6.45) is 7.93. The summed E-state index contributed by atoms with van der Waals surface area (Å²) in [6, 6.07) is 0. The second-order valence-corrected chi connectivity index (χ2v) is 5.40. The topological polar surface area (TPSA) is 49.3 Å². The molecule has 0 aliphatic heterocycles. The molecule has 1 fully saturated rings. The van der Waals surface area contributed by atoms with Crippen LogP contribution in [0.4, 0.5) is 0 Å². The molecule has 0 aromatic heterocycles. The standard InChI is InChI=1S/C14H27NO2/c1-3-5-8-12(4-2)13(16)15-11-14(17)9-6-7-10-14/h12,17H,3-11H2,1-2H3,(H,15,16). The Labute approximate surface area is 105 Å². The molecule has 3 heteroatoms. The van der Waals surface area contributed by atoms with Crippen LogP contribution in [0.15, 0.2) is 0 Å².